The summed E-state index contributed by atoms with van der Waals surface area (Å²) in [4.78, 5) is 33.2. The predicted molar refractivity (Wildman–Crippen MR) is 59.9 cm³/mol. The maximum Gasteiger partial charge on any atom is 0.326 e. The van der Waals surface area contributed by atoms with Gasteiger partial charge in [0.15, 0.2) is 11.5 Å². The molecule has 0 spiro atoms. The Bertz CT molecular complexity index is 483. The molecule has 0 saturated heterocycles. The highest BCUT2D eigenvalue weighted by molar-refractivity contribution is 5.96. The van der Waals surface area contributed by atoms with Crippen LogP contribution in [0.2, 0.25) is 0 Å². The van der Waals surface area contributed by atoms with Gasteiger partial charge in [0.2, 0.25) is 5.91 Å². The van der Waals surface area contributed by atoms with Crippen LogP contribution < -0.4 is 11.1 Å². The largest absolute Gasteiger partial charge is 0.480 e. The van der Waals surface area contributed by atoms with Gasteiger partial charge < -0.3 is 25.4 Å². The number of carbonyl (C=O) groups is 3. The smallest absolute Gasteiger partial charge is 0.326 e. The van der Waals surface area contributed by atoms with Crippen LogP contribution in [0.4, 0.5) is 0 Å². The second-order valence-electron chi connectivity index (χ2n) is 3.65. The van der Waals surface area contributed by atoms with Gasteiger partial charge in [0.1, 0.15) is 12.6 Å². The molecule has 0 aliphatic rings. The maximum absolute atomic E-state index is 11.7. The molecule has 1 atom stereocenters. The lowest BCUT2D eigenvalue weighted by Crippen LogP contribution is -2.43. The molecular formula is C10H13N3O6. The molecule has 9 nitrogen and oxygen atoms in total. The SMILES string of the molecule is COCc1cc(C(=O)NC(CC(N)=O)C(=O)O)no1. The fourth-order valence-electron chi connectivity index (χ4n) is 1.26. The van der Waals surface area contributed by atoms with Crippen LogP contribution in [0.1, 0.15) is 22.7 Å². The van der Waals surface area contributed by atoms with E-state index in [4.69, 9.17) is 20.1 Å². The summed E-state index contributed by atoms with van der Waals surface area (Å²) in [7, 11) is 1.44. The molecule has 0 aliphatic carbocycles. The second kappa shape index (κ2) is 6.50. The lowest BCUT2D eigenvalue weighted by atomic mass is 10.2. The zero-order chi connectivity index (χ0) is 14.4. The van der Waals surface area contributed by atoms with E-state index in [0.29, 0.717) is 5.76 Å². The monoisotopic (exact) mass is 271 g/mol. The number of amides is 2. The number of carboxylic acid groups (broad SMARTS) is 1. The zero-order valence-corrected chi connectivity index (χ0v) is 10.1. The number of hydrogen-bond donors (Lipinski definition) is 3. The average Bonchev–Trinajstić information content (AvgIpc) is 2.76. The second-order valence-corrected chi connectivity index (χ2v) is 3.65. The fourth-order valence-corrected chi connectivity index (χ4v) is 1.26. The van der Waals surface area contributed by atoms with Crippen molar-refractivity contribution in [3.8, 4) is 0 Å². The van der Waals surface area contributed by atoms with Crippen molar-refractivity contribution in [2.75, 3.05) is 7.11 Å². The van der Waals surface area contributed by atoms with Crippen LogP contribution in [0, 0.1) is 0 Å². The zero-order valence-electron chi connectivity index (χ0n) is 10.1. The highest BCUT2D eigenvalue weighted by Gasteiger charge is 2.24. The van der Waals surface area contributed by atoms with Gasteiger partial charge in [-0.15, -0.1) is 0 Å². The molecule has 1 unspecified atom stereocenters. The van der Waals surface area contributed by atoms with Gasteiger partial charge >= 0.3 is 5.97 Å². The number of ether oxygens (including phenoxy) is 1. The number of carbonyl (C=O) groups excluding carboxylic acids is 2. The van der Waals surface area contributed by atoms with Crippen molar-refractivity contribution in [2.24, 2.45) is 5.73 Å². The lowest BCUT2D eigenvalue weighted by molar-refractivity contribution is -0.140. The van der Waals surface area contributed by atoms with Crippen molar-refractivity contribution in [1.82, 2.24) is 10.5 Å². The van der Waals surface area contributed by atoms with Crippen molar-refractivity contribution in [2.45, 2.75) is 19.1 Å². The van der Waals surface area contributed by atoms with E-state index >= 15 is 0 Å². The van der Waals surface area contributed by atoms with E-state index in [1.54, 1.807) is 0 Å². The molecule has 1 heterocycles. The van der Waals surface area contributed by atoms with Crippen LogP contribution >= 0.6 is 0 Å². The van der Waals surface area contributed by atoms with Crippen LogP contribution in [0.5, 0.6) is 0 Å². The summed E-state index contributed by atoms with van der Waals surface area (Å²) in [6.07, 6.45) is -0.510. The maximum atomic E-state index is 11.7. The van der Waals surface area contributed by atoms with Crippen LogP contribution in [-0.4, -0.2) is 41.2 Å². The van der Waals surface area contributed by atoms with Crippen molar-refractivity contribution in [3.63, 3.8) is 0 Å². The van der Waals surface area contributed by atoms with E-state index in [-0.39, 0.29) is 12.3 Å². The van der Waals surface area contributed by atoms with Gasteiger partial charge in [0, 0.05) is 13.2 Å². The van der Waals surface area contributed by atoms with Gasteiger partial charge in [-0.1, -0.05) is 5.16 Å². The molecule has 0 aromatic carbocycles. The van der Waals surface area contributed by atoms with E-state index < -0.39 is 30.2 Å². The Labute approximate surface area is 107 Å². The Kier molecular flexibility index (Phi) is 5.01. The molecule has 0 saturated carbocycles. The molecule has 0 bridgehead atoms. The van der Waals surface area contributed by atoms with Gasteiger partial charge in [-0.05, 0) is 0 Å². The summed E-state index contributed by atoms with van der Waals surface area (Å²) in [5.74, 6) is -2.67. The first kappa shape index (κ1) is 14.6. The van der Waals surface area contributed by atoms with Crippen LogP contribution in [-0.2, 0) is 20.9 Å². The molecular weight excluding hydrogens is 258 g/mol. The lowest BCUT2D eigenvalue weighted by Gasteiger charge is -2.10. The minimum atomic E-state index is -1.41. The number of nitrogens with one attached hydrogen (secondary N) is 1. The number of nitrogens with two attached hydrogens (primary N) is 1. The predicted octanol–water partition coefficient (Wildman–Crippen LogP) is -1.12. The number of nitrogens with zero attached hydrogens (tertiary/aromatic N) is 1. The number of methoxy groups -OCH3 is 1. The van der Waals surface area contributed by atoms with Crippen molar-refractivity contribution >= 4 is 17.8 Å². The van der Waals surface area contributed by atoms with Crippen molar-refractivity contribution < 1.29 is 28.8 Å². The third kappa shape index (κ3) is 4.39. The number of primary amides is 1. The highest BCUT2D eigenvalue weighted by atomic mass is 16.5. The third-order valence-electron chi connectivity index (χ3n) is 2.09. The van der Waals surface area contributed by atoms with Gasteiger partial charge in [0.05, 0.1) is 6.42 Å². The standard InChI is InChI=1S/C10H13N3O6/c1-18-4-5-2-6(13-19-5)9(15)12-7(10(16)17)3-8(11)14/h2,7H,3-4H2,1H3,(H2,11,14)(H,12,15)(H,16,17). The normalized spacial score (nSPS) is 11.8. The molecule has 1 rings (SSSR count). The Morgan fingerprint density at radius 3 is 2.79 bits per heavy atom. The number of aromatic nitrogens is 1. The summed E-state index contributed by atoms with van der Waals surface area (Å²) in [5.41, 5.74) is 4.78. The van der Waals surface area contributed by atoms with Crippen molar-refractivity contribution in [3.05, 3.63) is 17.5 Å². The topological polar surface area (TPSA) is 145 Å². The van der Waals surface area contributed by atoms with Crippen LogP contribution in [0.25, 0.3) is 0 Å². The quantitative estimate of drug-likeness (QED) is 0.569. The Morgan fingerprint density at radius 1 is 1.58 bits per heavy atom. The van der Waals surface area contributed by atoms with Gasteiger partial charge in [-0.25, -0.2) is 4.79 Å². The minimum absolute atomic E-state index is 0.109. The van der Waals surface area contributed by atoms with E-state index in [0.717, 1.165) is 0 Å². The Balaban J connectivity index is 2.70. The fraction of sp³-hybridized carbons (Fsp3) is 0.400. The first-order chi connectivity index (χ1) is 8.93. The summed E-state index contributed by atoms with van der Waals surface area (Å²) in [6, 6.07) is -0.102. The summed E-state index contributed by atoms with van der Waals surface area (Å²) < 4.78 is 9.55. The van der Waals surface area contributed by atoms with Crippen molar-refractivity contribution in [1.29, 1.82) is 0 Å². The number of rotatable bonds is 7. The average molecular weight is 271 g/mol. The third-order valence-corrected chi connectivity index (χ3v) is 2.09. The van der Waals surface area contributed by atoms with Crippen LogP contribution in [0.3, 0.4) is 0 Å². The molecule has 0 aliphatic heterocycles. The van der Waals surface area contributed by atoms with Crippen LogP contribution in [0.15, 0.2) is 10.6 Å². The Hall–Kier alpha value is -2.42. The highest BCUT2D eigenvalue weighted by Crippen LogP contribution is 2.05. The molecule has 19 heavy (non-hydrogen) atoms. The molecule has 2 amide bonds. The molecule has 104 valence electrons. The van der Waals surface area contributed by atoms with E-state index in [2.05, 4.69) is 10.5 Å². The molecule has 0 fully saturated rings. The Morgan fingerprint density at radius 2 is 2.26 bits per heavy atom. The summed E-state index contributed by atoms with van der Waals surface area (Å²) in [6.45, 7) is 0.129. The van der Waals surface area contributed by atoms with E-state index in [1.165, 1.54) is 13.2 Å². The minimum Gasteiger partial charge on any atom is -0.480 e. The summed E-state index contributed by atoms with van der Waals surface area (Å²) >= 11 is 0. The van der Waals surface area contributed by atoms with Gasteiger partial charge in [-0.2, -0.15) is 0 Å². The number of aliphatic carboxylic acids is 1. The molecule has 0 radical (unpaired) electrons. The first-order valence-electron chi connectivity index (χ1n) is 5.20. The molecule has 1 aromatic heterocycles. The molecule has 9 heteroatoms. The van der Waals surface area contributed by atoms with E-state index in [1.807, 2.05) is 0 Å². The van der Waals surface area contributed by atoms with E-state index in [9.17, 15) is 14.4 Å². The molecule has 4 N–H and O–H groups in total. The van der Waals surface area contributed by atoms with Gasteiger partial charge in [0.25, 0.3) is 5.91 Å². The number of hydrogen-bond acceptors (Lipinski definition) is 6. The molecule has 1 aromatic rings. The number of carboxylic acids is 1. The van der Waals surface area contributed by atoms with Gasteiger partial charge in [-0.3, -0.25) is 9.59 Å². The first-order valence-corrected chi connectivity index (χ1v) is 5.20. The summed E-state index contributed by atoms with van der Waals surface area (Å²) in [5, 5.41) is 14.4.